The van der Waals surface area contributed by atoms with Crippen molar-refractivity contribution in [3.8, 4) is 5.75 Å². The van der Waals surface area contributed by atoms with Gasteiger partial charge in [0.15, 0.2) is 0 Å². The molecule has 0 N–H and O–H groups in total. The molecule has 1 aromatic carbocycles. The molecule has 1 atom stereocenters. The first kappa shape index (κ1) is 17.9. The molecule has 3 nitrogen and oxygen atoms in total. The van der Waals surface area contributed by atoms with Crippen molar-refractivity contribution in [1.82, 2.24) is 9.88 Å². The smallest absolute Gasteiger partial charge is 0.119 e. The molecule has 25 heavy (non-hydrogen) atoms. The number of aryl methyl sites for hydroxylation is 1. The highest BCUT2D eigenvalue weighted by Crippen LogP contribution is 2.30. The van der Waals surface area contributed by atoms with Crippen LogP contribution in [0.25, 0.3) is 0 Å². The summed E-state index contributed by atoms with van der Waals surface area (Å²) in [5.41, 5.74) is 3.95. The van der Waals surface area contributed by atoms with Gasteiger partial charge in [0.1, 0.15) is 12.4 Å². The minimum absolute atomic E-state index is 0.481. The first-order chi connectivity index (χ1) is 12.1. The van der Waals surface area contributed by atoms with Crippen molar-refractivity contribution in [2.75, 3.05) is 19.7 Å². The molecule has 0 saturated carbocycles. The lowest BCUT2D eigenvalue weighted by Gasteiger charge is -2.35. The summed E-state index contributed by atoms with van der Waals surface area (Å²) in [4.78, 5) is 6.86. The number of hydrogen-bond acceptors (Lipinski definition) is 3. The highest BCUT2D eigenvalue weighted by atomic mass is 16.5. The van der Waals surface area contributed by atoms with Crippen LogP contribution in [0.4, 0.5) is 0 Å². The Hall–Kier alpha value is -1.87. The maximum Gasteiger partial charge on any atom is 0.119 e. The SMILES string of the molecule is Cc1cc(OCCN2CCCC[C@H]2c2cccnc2)cc(C(C)C)c1. The van der Waals surface area contributed by atoms with Gasteiger partial charge in [-0.2, -0.15) is 0 Å². The van der Waals surface area contributed by atoms with Crippen molar-refractivity contribution in [1.29, 1.82) is 0 Å². The van der Waals surface area contributed by atoms with Gasteiger partial charge in [0.25, 0.3) is 0 Å². The van der Waals surface area contributed by atoms with Gasteiger partial charge in [-0.05, 0) is 67.1 Å². The van der Waals surface area contributed by atoms with Crippen molar-refractivity contribution in [2.24, 2.45) is 0 Å². The number of likely N-dealkylation sites (tertiary alicyclic amines) is 1. The number of ether oxygens (including phenoxy) is 1. The summed E-state index contributed by atoms with van der Waals surface area (Å²) >= 11 is 0. The molecule has 3 heteroatoms. The van der Waals surface area contributed by atoms with E-state index in [1.54, 1.807) is 0 Å². The molecular weight excluding hydrogens is 308 g/mol. The summed E-state index contributed by atoms with van der Waals surface area (Å²) in [7, 11) is 0. The van der Waals surface area contributed by atoms with Crippen molar-refractivity contribution in [3.05, 3.63) is 59.4 Å². The van der Waals surface area contributed by atoms with Gasteiger partial charge in [-0.25, -0.2) is 0 Å². The van der Waals surface area contributed by atoms with E-state index in [9.17, 15) is 0 Å². The lowest BCUT2D eigenvalue weighted by Crippen LogP contribution is -2.36. The van der Waals surface area contributed by atoms with Crippen LogP contribution in [0.5, 0.6) is 5.75 Å². The van der Waals surface area contributed by atoms with Gasteiger partial charge < -0.3 is 4.74 Å². The first-order valence-electron chi connectivity index (χ1n) is 9.52. The highest BCUT2D eigenvalue weighted by Gasteiger charge is 2.23. The Morgan fingerprint density at radius 3 is 2.88 bits per heavy atom. The Labute approximate surface area is 152 Å². The molecule has 1 aliphatic rings. The third-order valence-electron chi connectivity index (χ3n) is 5.07. The molecule has 0 unspecified atom stereocenters. The molecule has 1 saturated heterocycles. The van der Waals surface area contributed by atoms with Crippen LogP contribution in [-0.2, 0) is 0 Å². The molecular formula is C22H30N2O. The van der Waals surface area contributed by atoms with E-state index in [0.717, 1.165) is 25.4 Å². The number of pyridine rings is 1. The minimum Gasteiger partial charge on any atom is -0.492 e. The largest absolute Gasteiger partial charge is 0.492 e. The molecule has 0 spiro atoms. The number of rotatable bonds is 6. The van der Waals surface area contributed by atoms with Crippen molar-refractivity contribution < 1.29 is 4.74 Å². The molecule has 2 aromatic rings. The van der Waals surface area contributed by atoms with E-state index >= 15 is 0 Å². The lowest BCUT2D eigenvalue weighted by atomic mass is 9.96. The second kappa shape index (κ2) is 8.48. The molecule has 1 aliphatic heterocycles. The zero-order valence-corrected chi connectivity index (χ0v) is 15.7. The Bertz CT molecular complexity index is 669. The number of benzene rings is 1. The van der Waals surface area contributed by atoms with Crippen molar-refractivity contribution >= 4 is 0 Å². The molecule has 134 valence electrons. The van der Waals surface area contributed by atoms with E-state index in [-0.39, 0.29) is 0 Å². The molecule has 2 heterocycles. The average molecular weight is 338 g/mol. The summed E-state index contributed by atoms with van der Waals surface area (Å²) in [5, 5.41) is 0. The van der Waals surface area contributed by atoms with E-state index < -0.39 is 0 Å². The van der Waals surface area contributed by atoms with Gasteiger partial charge in [0, 0.05) is 25.0 Å². The first-order valence-corrected chi connectivity index (χ1v) is 9.52. The molecule has 0 bridgehead atoms. The van der Waals surface area contributed by atoms with Crippen LogP contribution in [0, 0.1) is 6.92 Å². The van der Waals surface area contributed by atoms with Gasteiger partial charge in [-0.15, -0.1) is 0 Å². The molecule has 3 rings (SSSR count). The molecule has 0 amide bonds. The second-order valence-electron chi connectivity index (χ2n) is 7.42. The van der Waals surface area contributed by atoms with Crippen molar-refractivity contribution in [2.45, 2.75) is 52.0 Å². The van der Waals surface area contributed by atoms with E-state index in [1.165, 1.54) is 36.0 Å². The fraction of sp³-hybridized carbons (Fsp3) is 0.500. The van der Waals surface area contributed by atoms with Crippen molar-refractivity contribution in [3.63, 3.8) is 0 Å². The molecule has 1 fully saturated rings. The lowest BCUT2D eigenvalue weighted by molar-refractivity contribution is 0.123. The normalized spacial score (nSPS) is 18.5. The summed E-state index contributed by atoms with van der Waals surface area (Å²) in [5.74, 6) is 1.53. The Morgan fingerprint density at radius 2 is 2.12 bits per heavy atom. The maximum absolute atomic E-state index is 6.11. The van der Waals surface area contributed by atoms with E-state index in [1.807, 2.05) is 18.5 Å². The monoisotopic (exact) mass is 338 g/mol. The zero-order valence-electron chi connectivity index (χ0n) is 15.7. The van der Waals surface area contributed by atoms with Crippen LogP contribution in [0.15, 0.2) is 42.7 Å². The van der Waals surface area contributed by atoms with Gasteiger partial charge in [-0.1, -0.05) is 32.4 Å². The maximum atomic E-state index is 6.11. The second-order valence-corrected chi connectivity index (χ2v) is 7.42. The summed E-state index contributed by atoms with van der Waals surface area (Å²) in [6.45, 7) is 9.44. The summed E-state index contributed by atoms with van der Waals surface area (Å²) < 4.78 is 6.11. The van der Waals surface area contributed by atoms with Crippen LogP contribution in [0.2, 0.25) is 0 Å². The van der Waals surface area contributed by atoms with Crippen LogP contribution in [0.1, 0.15) is 61.8 Å². The number of aromatic nitrogens is 1. The topological polar surface area (TPSA) is 25.4 Å². The standard InChI is InChI=1S/C22H30N2O/c1-17(2)20-13-18(3)14-21(15-20)25-12-11-24-10-5-4-8-22(24)19-7-6-9-23-16-19/h6-7,9,13-17,22H,4-5,8,10-12H2,1-3H3/t22-/m0/s1. The van der Waals surface area contributed by atoms with Crippen LogP contribution in [0.3, 0.4) is 0 Å². The third-order valence-corrected chi connectivity index (χ3v) is 5.07. The van der Waals surface area contributed by atoms with E-state index in [4.69, 9.17) is 4.74 Å². The molecule has 1 aromatic heterocycles. The average Bonchev–Trinajstić information content (AvgIpc) is 2.62. The minimum atomic E-state index is 0.481. The van der Waals surface area contributed by atoms with Gasteiger partial charge in [0.05, 0.1) is 0 Å². The van der Waals surface area contributed by atoms with E-state index in [0.29, 0.717) is 12.0 Å². The molecule has 0 aliphatic carbocycles. The third kappa shape index (κ3) is 4.82. The highest BCUT2D eigenvalue weighted by molar-refractivity contribution is 5.35. The molecule has 0 radical (unpaired) electrons. The summed E-state index contributed by atoms with van der Waals surface area (Å²) in [6.07, 6.45) is 7.65. The Kier molecular flexibility index (Phi) is 6.09. The predicted molar refractivity (Wildman–Crippen MR) is 103 cm³/mol. The predicted octanol–water partition coefficient (Wildman–Crippen LogP) is 5.12. The number of piperidine rings is 1. The quantitative estimate of drug-likeness (QED) is 0.731. The fourth-order valence-corrected chi connectivity index (χ4v) is 3.68. The van der Waals surface area contributed by atoms with Crippen LogP contribution in [-0.4, -0.2) is 29.6 Å². The van der Waals surface area contributed by atoms with Crippen LogP contribution < -0.4 is 4.74 Å². The van der Waals surface area contributed by atoms with Crippen LogP contribution >= 0.6 is 0 Å². The number of nitrogens with zero attached hydrogens (tertiary/aromatic N) is 2. The zero-order chi connectivity index (χ0) is 17.6. The Balaban J connectivity index is 1.60. The summed E-state index contributed by atoms with van der Waals surface area (Å²) in [6, 6.07) is 11.3. The number of hydrogen-bond donors (Lipinski definition) is 0. The fourth-order valence-electron chi connectivity index (χ4n) is 3.68. The van der Waals surface area contributed by atoms with Gasteiger partial charge >= 0.3 is 0 Å². The van der Waals surface area contributed by atoms with Gasteiger partial charge in [0.2, 0.25) is 0 Å². The van der Waals surface area contributed by atoms with E-state index in [2.05, 4.69) is 54.9 Å². The van der Waals surface area contributed by atoms with Gasteiger partial charge in [-0.3, -0.25) is 9.88 Å². The Morgan fingerprint density at radius 1 is 1.24 bits per heavy atom.